The molecule has 0 atom stereocenters. The fourth-order valence-corrected chi connectivity index (χ4v) is 0.480. The van der Waals surface area contributed by atoms with Crippen LogP contribution in [-0.2, 0) is 26.2 Å². The van der Waals surface area contributed by atoms with E-state index in [1.165, 1.54) is 5.57 Å². The molecule has 1 aliphatic rings. The average Bonchev–Trinajstić information content (AvgIpc) is 1.86. The van der Waals surface area contributed by atoms with Gasteiger partial charge in [0.15, 0.2) is 0 Å². The van der Waals surface area contributed by atoms with E-state index in [1.54, 1.807) is 0 Å². The zero-order valence-corrected chi connectivity index (χ0v) is 6.82. The number of hydrogen-bond acceptors (Lipinski definition) is 0. The molecule has 0 fully saturated rings. The Balaban J connectivity index is 0.000000360. The van der Waals surface area contributed by atoms with Gasteiger partial charge in [0.2, 0.25) is 0 Å². The van der Waals surface area contributed by atoms with Crippen molar-refractivity contribution in [2.24, 2.45) is 0 Å². The molecule has 0 heterocycles. The topological polar surface area (TPSA) is 0 Å². The Hall–Kier alpha value is 0.363. The minimum Gasteiger partial charge on any atom is -0.273 e. The molecule has 0 amide bonds. The third-order valence-electron chi connectivity index (χ3n) is 0.867. The van der Waals surface area contributed by atoms with Crippen molar-refractivity contribution >= 4 is 0 Å². The van der Waals surface area contributed by atoms with Crippen molar-refractivity contribution in [1.82, 2.24) is 0 Å². The molecule has 1 rings (SSSR count). The van der Waals surface area contributed by atoms with E-state index < -0.39 is 0 Å². The van der Waals surface area contributed by atoms with Crippen molar-refractivity contribution in [2.45, 2.75) is 13.3 Å². The Bertz CT molecular complexity index is 101. The van der Waals surface area contributed by atoms with E-state index in [0.29, 0.717) is 0 Å². The molecule has 0 aromatic rings. The van der Waals surface area contributed by atoms with Gasteiger partial charge in [-0.05, 0) is 0 Å². The molecule has 0 unspecified atom stereocenters. The second-order valence-electron chi connectivity index (χ2n) is 1.56. The van der Waals surface area contributed by atoms with Crippen LogP contribution in [0.5, 0.6) is 0 Å². The molecule has 0 saturated carbocycles. The molecule has 0 radical (unpaired) electrons. The first-order valence-corrected chi connectivity index (χ1v) is 2.12. The van der Waals surface area contributed by atoms with Crippen LogP contribution in [0.1, 0.15) is 13.3 Å². The van der Waals surface area contributed by atoms with Gasteiger partial charge in [-0.3, -0.25) is 6.08 Å². The van der Waals surface area contributed by atoms with Crippen LogP contribution in [-0.4, -0.2) is 0 Å². The van der Waals surface area contributed by atoms with Crippen LogP contribution in [0.25, 0.3) is 0 Å². The standard InChI is InChI=1S/C6H7.Zr/c1-6-4-2-3-5-6;/h2,4H,5H2,1H3;/q-1;. The van der Waals surface area contributed by atoms with Crippen molar-refractivity contribution in [3.63, 3.8) is 0 Å². The number of rotatable bonds is 0. The first kappa shape index (κ1) is 7.36. The Kier molecular flexibility index (Phi) is 3.55. The van der Waals surface area contributed by atoms with E-state index in [-0.39, 0.29) is 26.2 Å². The Morgan fingerprint density at radius 2 is 2.43 bits per heavy atom. The van der Waals surface area contributed by atoms with Crippen molar-refractivity contribution in [1.29, 1.82) is 0 Å². The molecule has 0 aliphatic heterocycles. The fraction of sp³-hybridized carbons (Fsp3) is 0.333. The van der Waals surface area contributed by atoms with Gasteiger partial charge in [-0.15, -0.1) is 6.42 Å². The van der Waals surface area contributed by atoms with Gasteiger partial charge in [0, 0.05) is 26.2 Å². The van der Waals surface area contributed by atoms with E-state index in [0.717, 1.165) is 6.42 Å². The smallest absolute Gasteiger partial charge is 0 e. The van der Waals surface area contributed by atoms with E-state index in [4.69, 9.17) is 0 Å². The molecular formula is C6H7Zr-. The van der Waals surface area contributed by atoms with Crippen LogP contribution < -0.4 is 0 Å². The second-order valence-corrected chi connectivity index (χ2v) is 1.56. The van der Waals surface area contributed by atoms with Crippen LogP contribution in [0.3, 0.4) is 0 Å². The molecule has 36 valence electrons. The van der Waals surface area contributed by atoms with E-state index in [1.807, 2.05) is 6.08 Å². The van der Waals surface area contributed by atoms with E-state index >= 15 is 0 Å². The van der Waals surface area contributed by atoms with Crippen molar-refractivity contribution in [3.05, 3.63) is 23.8 Å². The van der Waals surface area contributed by atoms with Crippen molar-refractivity contribution in [2.75, 3.05) is 0 Å². The summed E-state index contributed by atoms with van der Waals surface area (Å²) in [6.45, 7) is 2.11. The predicted octanol–water partition coefficient (Wildman–Crippen LogP) is 1.69. The minimum atomic E-state index is 0. The molecule has 1 aliphatic carbocycles. The summed E-state index contributed by atoms with van der Waals surface area (Å²) in [6, 6.07) is 0. The van der Waals surface area contributed by atoms with Gasteiger partial charge in [-0.2, -0.15) is 5.57 Å². The molecule has 0 aromatic carbocycles. The summed E-state index contributed by atoms with van der Waals surface area (Å²) in [5.41, 5.74) is 1.41. The molecule has 7 heavy (non-hydrogen) atoms. The van der Waals surface area contributed by atoms with E-state index in [2.05, 4.69) is 19.1 Å². The monoisotopic (exact) mass is 169 g/mol. The van der Waals surface area contributed by atoms with E-state index in [9.17, 15) is 0 Å². The molecule has 0 nitrogen and oxygen atoms in total. The van der Waals surface area contributed by atoms with Gasteiger partial charge in [0.25, 0.3) is 0 Å². The summed E-state index contributed by atoms with van der Waals surface area (Å²) in [5.74, 6) is 0. The predicted molar refractivity (Wildman–Crippen MR) is 26.2 cm³/mol. The summed E-state index contributed by atoms with van der Waals surface area (Å²) in [5, 5.41) is 0. The summed E-state index contributed by atoms with van der Waals surface area (Å²) >= 11 is 0. The summed E-state index contributed by atoms with van der Waals surface area (Å²) < 4.78 is 0. The zero-order valence-electron chi connectivity index (χ0n) is 4.36. The third kappa shape index (κ3) is 2.23. The van der Waals surface area contributed by atoms with Gasteiger partial charge < -0.3 is 0 Å². The molecule has 0 bridgehead atoms. The van der Waals surface area contributed by atoms with Crippen molar-refractivity contribution < 1.29 is 26.2 Å². The normalized spacial score (nSPS) is 15.9. The average molecular weight is 170 g/mol. The SMILES string of the molecule is CC1=CC=[C-]C1.[Zr]. The number of hydrogen-bond donors (Lipinski definition) is 0. The molecule has 1 heteroatoms. The molecule has 0 N–H and O–H groups in total. The molecular weight excluding hydrogens is 163 g/mol. The van der Waals surface area contributed by atoms with Crippen LogP contribution in [0.15, 0.2) is 17.7 Å². The van der Waals surface area contributed by atoms with Gasteiger partial charge in [0.05, 0.1) is 0 Å². The van der Waals surface area contributed by atoms with Gasteiger partial charge in [0.1, 0.15) is 0 Å². The summed E-state index contributed by atoms with van der Waals surface area (Å²) in [7, 11) is 0. The van der Waals surface area contributed by atoms with Crippen molar-refractivity contribution in [3.8, 4) is 0 Å². The maximum Gasteiger partial charge on any atom is 0 e. The Morgan fingerprint density at radius 3 is 2.57 bits per heavy atom. The van der Waals surface area contributed by atoms with Crippen LogP contribution >= 0.6 is 0 Å². The summed E-state index contributed by atoms with van der Waals surface area (Å²) in [6.07, 6.45) is 8.15. The summed E-state index contributed by atoms with van der Waals surface area (Å²) in [4.78, 5) is 0. The van der Waals surface area contributed by atoms with Crippen LogP contribution in [0.4, 0.5) is 0 Å². The van der Waals surface area contributed by atoms with Gasteiger partial charge >= 0.3 is 0 Å². The molecule has 0 aromatic heterocycles. The zero-order chi connectivity index (χ0) is 4.41. The minimum absolute atomic E-state index is 0. The van der Waals surface area contributed by atoms with Crippen LogP contribution in [0, 0.1) is 6.08 Å². The first-order chi connectivity index (χ1) is 2.89. The molecule has 0 spiro atoms. The van der Waals surface area contributed by atoms with Gasteiger partial charge in [-0.1, -0.05) is 6.92 Å². The maximum absolute atomic E-state index is 3.05. The Labute approximate surface area is 63.4 Å². The molecule has 0 saturated heterocycles. The quantitative estimate of drug-likeness (QED) is 0.485. The number of allylic oxidation sites excluding steroid dienone is 4. The fourth-order valence-electron chi connectivity index (χ4n) is 0.480. The van der Waals surface area contributed by atoms with Gasteiger partial charge in [-0.25, -0.2) is 12.2 Å². The maximum atomic E-state index is 3.05. The Morgan fingerprint density at radius 1 is 1.71 bits per heavy atom. The van der Waals surface area contributed by atoms with Crippen LogP contribution in [0.2, 0.25) is 0 Å². The largest absolute Gasteiger partial charge is 0.273 e. The first-order valence-electron chi connectivity index (χ1n) is 2.12. The third-order valence-corrected chi connectivity index (χ3v) is 0.867. The second kappa shape index (κ2) is 3.38.